The van der Waals surface area contributed by atoms with Gasteiger partial charge in [-0.05, 0) is 35.4 Å². The molecule has 2 rings (SSSR count). The lowest BCUT2D eigenvalue weighted by molar-refractivity contribution is 0.132. The maximum absolute atomic E-state index is 5.67. The zero-order chi connectivity index (χ0) is 13.5. The molecule has 2 heterocycles. The number of ether oxygens (including phenoxy) is 1. The number of hydrogen-bond donors (Lipinski definition) is 0. The number of nitrogens with zero attached hydrogens (tertiary/aromatic N) is 1. The highest BCUT2D eigenvalue weighted by Gasteiger charge is 2.04. The summed E-state index contributed by atoms with van der Waals surface area (Å²) in [6.45, 7) is 4.12. The fraction of sp³-hybridized carbons (Fsp3) is 0.333. The lowest BCUT2D eigenvalue weighted by Crippen LogP contribution is -2.14. The molecule has 0 fully saturated rings. The van der Waals surface area contributed by atoms with Gasteiger partial charge in [-0.15, -0.1) is 0 Å². The van der Waals surface area contributed by atoms with Crippen LogP contribution in [0.1, 0.15) is 18.2 Å². The fourth-order valence-electron chi connectivity index (χ4n) is 1.59. The summed E-state index contributed by atoms with van der Waals surface area (Å²) in [5, 5.41) is 4.17. The van der Waals surface area contributed by atoms with Crippen LogP contribution >= 0.6 is 11.3 Å². The van der Waals surface area contributed by atoms with Crippen molar-refractivity contribution < 1.29 is 9.15 Å². The van der Waals surface area contributed by atoms with Gasteiger partial charge in [0.25, 0.3) is 0 Å². The van der Waals surface area contributed by atoms with Crippen molar-refractivity contribution in [3.05, 3.63) is 46.4 Å². The Morgan fingerprint density at radius 3 is 3.00 bits per heavy atom. The summed E-state index contributed by atoms with van der Waals surface area (Å²) in [5.74, 6) is 1.74. The molecule has 0 saturated carbocycles. The predicted molar refractivity (Wildman–Crippen MR) is 80.7 cm³/mol. The highest BCUT2D eigenvalue weighted by atomic mass is 32.1. The molecule has 4 heteroatoms. The van der Waals surface area contributed by atoms with Crippen molar-refractivity contribution in [3.63, 3.8) is 0 Å². The third-order valence-corrected chi connectivity index (χ3v) is 3.51. The van der Waals surface area contributed by atoms with Crippen molar-refractivity contribution in [2.24, 2.45) is 0 Å². The van der Waals surface area contributed by atoms with Gasteiger partial charge in [0, 0.05) is 19.7 Å². The lowest BCUT2D eigenvalue weighted by atomic mass is 10.3. The SMILES string of the molecule is CCN(C)c1ccc(COCC=Cc2ccsc2)o1. The van der Waals surface area contributed by atoms with Crippen LogP contribution in [0.5, 0.6) is 0 Å². The number of thiophene rings is 1. The molecule has 0 N–H and O–H groups in total. The summed E-state index contributed by atoms with van der Waals surface area (Å²) >= 11 is 1.70. The molecule has 0 aromatic carbocycles. The van der Waals surface area contributed by atoms with Gasteiger partial charge in [0.05, 0.1) is 6.61 Å². The van der Waals surface area contributed by atoms with E-state index in [0.717, 1.165) is 18.2 Å². The Bertz CT molecular complexity index is 502. The molecule has 0 spiro atoms. The number of furan rings is 1. The number of hydrogen-bond acceptors (Lipinski definition) is 4. The summed E-state index contributed by atoms with van der Waals surface area (Å²) in [5.41, 5.74) is 1.22. The average molecular weight is 277 g/mol. The van der Waals surface area contributed by atoms with E-state index in [-0.39, 0.29) is 0 Å². The zero-order valence-corrected chi connectivity index (χ0v) is 12.2. The van der Waals surface area contributed by atoms with Crippen molar-refractivity contribution >= 4 is 23.3 Å². The summed E-state index contributed by atoms with van der Waals surface area (Å²) in [4.78, 5) is 2.06. The van der Waals surface area contributed by atoms with Crippen LogP contribution in [-0.4, -0.2) is 20.2 Å². The van der Waals surface area contributed by atoms with E-state index in [4.69, 9.17) is 9.15 Å². The molecule has 0 aliphatic rings. The van der Waals surface area contributed by atoms with Crippen molar-refractivity contribution in [2.45, 2.75) is 13.5 Å². The van der Waals surface area contributed by atoms with Crippen LogP contribution in [0.3, 0.4) is 0 Å². The Hall–Kier alpha value is -1.52. The van der Waals surface area contributed by atoms with Gasteiger partial charge in [0.2, 0.25) is 0 Å². The second kappa shape index (κ2) is 7.16. The highest BCUT2D eigenvalue weighted by Crippen LogP contribution is 2.17. The van der Waals surface area contributed by atoms with Gasteiger partial charge in [-0.25, -0.2) is 0 Å². The van der Waals surface area contributed by atoms with Crippen LogP contribution in [0.15, 0.2) is 39.5 Å². The van der Waals surface area contributed by atoms with E-state index in [2.05, 4.69) is 34.7 Å². The normalized spacial score (nSPS) is 11.3. The van der Waals surface area contributed by atoms with Crippen molar-refractivity contribution in [1.82, 2.24) is 0 Å². The maximum atomic E-state index is 5.67. The first kappa shape index (κ1) is 13.9. The minimum absolute atomic E-state index is 0.505. The molecule has 0 unspecified atom stereocenters. The van der Waals surface area contributed by atoms with E-state index in [1.807, 2.05) is 25.3 Å². The molecule has 2 aromatic heterocycles. The van der Waals surface area contributed by atoms with Gasteiger partial charge in [0.15, 0.2) is 5.88 Å². The Balaban J connectivity index is 1.72. The van der Waals surface area contributed by atoms with E-state index < -0.39 is 0 Å². The van der Waals surface area contributed by atoms with Crippen LogP contribution < -0.4 is 4.90 Å². The molecule has 0 bridgehead atoms. The first-order chi connectivity index (χ1) is 9.29. The standard InChI is InChI=1S/C15H19NO2S/c1-3-16(2)15-7-6-14(18-15)11-17-9-4-5-13-8-10-19-12-13/h4-8,10,12H,3,9,11H2,1-2H3. The first-order valence-electron chi connectivity index (χ1n) is 6.36. The average Bonchev–Trinajstić information content (AvgIpc) is 3.08. The largest absolute Gasteiger partial charge is 0.443 e. The Kier molecular flexibility index (Phi) is 5.24. The molecule has 0 atom stereocenters. The van der Waals surface area contributed by atoms with E-state index in [9.17, 15) is 0 Å². The molecule has 2 aromatic rings. The van der Waals surface area contributed by atoms with Crippen LogP contribution in [0.4, 0.5) is 5.88 Å². The Labute approximate surface area is 118 Å². The lowest BCUT2D eigenvalue weighted by Gasteiger charge is -2.11. The highest BCUT2D eigenvalue weighted by molar-refractivity contribution is 7.08. The second-order valence-electron chi connectivity index (χ2n) is 4.23. The summed E-state index contributed by atoms with van der Waals surface area (Å²) < 4.78 is 11.2. The van der Waals surface area contributed by atoms with Crippen LogP contribution in [-0.2, 0) is 11.3 Å². The van der Waals surface area contributed by atoms with Gasteiger partial charge in [-0.2, -0.15) is 11.3 Å². The molecule has 0 amide bonds. The fourth-order valence-corrected chi connectivity index (χ4v) is 2.22. The topological polar surface area (TPSA) is 25.6 Å². The van der Waals surface area contributed by atoms with Gasteiger partial charge >= 0.3 is 0 Å². The minimum Gasteiger partial charge on any atom is -0.443 e. The number of rotatable bonds is 7. The zero-order valence-electron chi connectivity index (χ0n) is 11.3. The molecule has 102 valence electrons. The quantitative estimate of drug-likeness (QED) is 0.715. The van der Waals surface area contributed by atoms with E-state index in [1.165, 1.54) is 5.56 Å². The van der Waals surface area contributed by atoms with Crippen LogP contribution in [0, 0.1) is 0 Å². The molecular weight excluding hydrogens is 258 g/mol. The van der Waals surface area contributed by atoms with Crippen molar-refractivity contribution in [1.29, 1.82) is 0 Å². The number of anilines is 1. The maximum Gasteiger partial charge on any atom is 0.195 e. The van der Waals surface area contributed by atoms with E-state index in [0.29, 0.717) is 13.2 Å². The summed E-state index contributed by atoms with van der Waals surface area (Å²) in [6, 6.07) is 6.02. The van der Waals surface area contributed by atoms with Crippen molar-refractivity contribution in [2.75, 3.05) is 25.1 Å². The third kappa shape index (κ3) is 4.26. The minimum atomic E-state index is 0.505. The molecular formula is C15H19NO2S. The van der Waals surface area contributed by atoms with Crippen LogP contribution in [0.25, 0.3) is 6.08 Å². The molecule has 3 nitrogen and oxygen atoms in total. The first-order valence-corrected chi connectivity index (χ1v) is 7.30. The van der Waals surface area contributed by atoms with Gasteiger partial charge in [-0.3, -0.25) is 0 Å². The summed E-state index contributed by atoms with van der Waals surface area (Å²) in [7, 11) is 2.01. The molecule has 0 aliphatic heterocycles. The van der Waals surface area contributed by atoms with E-state index >= 15 is 0 Å². The monoisotopic (exact) mass is 277 g/mol. The van der Waals surface area contributed by atoms with Gasteiger partial charge in [0.1, 0.15) is 12.4 Å². The second-order valence-corrected chi connectivity index (χ2v) is 5.01. The molecule has 0 aliphatic carbocycles. The summed E-state index contributed by atoms with van der Waals surface area (Å²) in [6.07, 6.45) is 4.08. The Morgan fingerprint density at radius 1 is 1.37 bits per heavy atom. The molecule has 19 heavy (non-hydrogen) atoms. The predicted octanol–water partition coefficient (Wildman–Crippen LogP) is 4.03. The Morgan fingerprint density at radius 2 is 2.26 bits per heavy atom. The third-order valence-electron chi connectivity index (χ3n) is 2.81. The molecule has 0 radical (unpaired) electrons. The smallest absolute Gasteiger partial charge is 0.195 e. The van der Waals surface area contributed by atoms with Crippen LogP contribution in [0.2, 0.25) is 0 Å². The van der Waals surface area contributed by atoms with Crippen molar-refractivity contribution in [3.8, 4) is 0 Å². The van der Waals surface area contributed by atoms with E-state index in [1.54, 1.807) is 11.3 Å². The van der Waals surface area contributed by atoms with Gasteiger partial charge < -0.3 is 14.1 Å². The van der Waals surface area contributed by atoms with Gasteiger partial charge in [-0.1, -0.05) is 12.2 Å². The molecule has 0 saturated heterocycles.